The SMILES string of the molecule is CCC1(C2CCC2)C(N)=NC(=O)N1C. The molecule has 0 aromatic heterocycles. The molecule has 0 aromatic rings. The fourth-order valence-electron chi connectivity index (χ4n) is 2.69. The molecule has 1 fully saturated rings. The van der Waals surface area contributed by atoms with Crippen molar-refractivity contribution in [2.45, 2.75) is 38.1 Å². The van der Waals surface area contributed by atoms with Gasteiger partial charge in [0.2, 0.25) is 0 Å². The Balaban J connectivity index is 2.34. The van der Waals surface area contributed by atoms with E-state index >= 15 is 0 Å². The van der Waals surface area contributed by atoms with Crippen molar-refractivity contribution in [3.8, 4) is 0 Å². The molecule has 4 heteroatoms. The van der Waals surface area contributed by atoms with E-state index in [-0.39, 0.29) is 11.6 Å². The van der Waals surface area contributed by atoms with Gasteiger partial charge in [-0.2, -0.15) is 4.99 Å². The first-order valence-electron chi connectivity index (χ1n) is 5.25. The molecule has 1 heterocycles. The van der Waals surface area contributed by atoms with Crippen molar-refractivity contribution in [2.75, 3.05) is 7.05 Å². The van der Waals surface area contributed by atoms with E-state index in [1.807, 2.05) is 7.05 Å². The van der Waals surface area contributed by atoms with Gasteiger partial charge in [-0.25, -0.2) is 4.79 Å². The van der Waals surface area contributed by atoms with Gasteiger partial charge in [-0.1, -0.05) is 13.3 Å². The third kappa shape index (κ3) is 0.938. The maximum Gasteiger partial charge on any atom is 0.345 e. The highest BCUT2D eigenvalue weighted by molar-refractivity contribution is 6.05. The van der Waals surface area contributed by atoms with Crippen LogP contribution in [0, 0.1) is 5.92 Å². The lowest BCUT2D eigenvalue weighted by molar-refractivity contribution is 0.0999. The van der Waals surface area contributed by atoms with Crippen LogP contribution in [0.2, 0.25) is 0 Å². The van der Waals surface area contributed by atoms with Gasteiger partial charge in [-0.05, 0) is 25.2 Å². The van der Waals surface area contributed by atoms with Crippen LogP contribution in [0.25, 0.3) is 0 Å². The Morgan fingerprint density at radius 3 is 2.57 bits per heavy atom. The van der Waals surface area contributed by atoms with Crippen LogP contribution in [0.4, 0.5) is 4.79 Å². The van der Waals surface area contributed by atoms with Crippen LogP contribution in [0.5, 0.6) is 0 Å². The molecule has 2 aliphatic rings. The van der Waals surface area contributed by atoms with E-state index in [4.69, 9.17) is 5.73 Å². The summed E-state index contributed by atoms with van der Waals surface area (Å²) >= 11 is 0. The highest BCUT2D eigenvalue weighted by Crippen LogP contribution is 2.43. The molecule has 1 aliphatic carbocycles. The number of nitrogens with two attached hydrogens (primary N) is 1. The molecule has 0 aromatic carbocycles. The lowest BCUT2D eigenvalue weighted by Crippen LogP contribution is -2.58. The highest BCUT2D eigenvalue weighted by Gasteiger charge is 2.52. The Morgan fingerprint density at radius 1 is 1.64 bits per heavy atom. The van der Waals surface area contributed by atoms with E-state index in [1.165, 1.54) is 19.3 Å². The summed E-state index contributed by atoms with van der Waals surface area (Å²) < 4.78 is 0. The number of amides is 2. The van der Waals surface area contributed by atoms with Crippen LogP contribution in [-0.4, -0.2) is 29.4 Å². The number of carbonyl (C=O) groups excluding carboxylic acids is 1. The number of rotatable bonds is 2. The molecule has 1 aliphatic heterocycles. The number of carbonyl (C=O) groups is 1. The van der Waals surface area contributed by atoms with Crippen LogP contribution in [0.1, 0.15) is 32.6 Å². The van der Waals surface area contributed by atoms with Gasteiger partial charge in [-0.15, -0.1) is 0 Å². The molecule has 0 saturated heterocycles. The van der Waals surface area contributed by atoms with Crippen molar-refractivity contribution >= 4 is 11.9 Å². The molecule has 2 N–H and O–H groups in total. The van der Waals surface area contributed by atoms with E-state index in [0.29, 0.717) is 11.8 Å². The van der Waals surface area contributed by atoms with E-state index in [2.05, 4.69) is 11.9 Å². The van der Waals surface area contributed by atoms with Gasteiger partial charge in [0.25, 0.3) is 0 Å². The van der Waals surface area contributed by atoms with Gasteiger partial charge in [0.15, 0.2) is 0 Å². The molecule has 4 nitrogen and oxygen atoms in total. The highest BCUT2D eigenvalue weighted by atomic mass is 16.2. The lowest BCUT2D eigenvalue weighted by atomic mass is 9.68. The number of nitrogens with zero attached hydrogens (tertiary/aromatic N) is 2. The zero-order valence-electron chi connectivity index (χ0n) is 8.79. The van der Waals surface area contributed by atoms with E-state index < -0.39 is 0 Å². The number of amidine groups is 1. The Morgan fingerprint density at radius 2 is 2.29 bits per heavy atom. The number of likely N-dealkylation sites (N-methyl/N-ethyl adjacent to an activating group) is 1. The summed E-state index contributed by atoms with van der Waals surface area (Å²) in [7, 11) is 1.81. The number of hydrogen-bond acceptors (Lipinski definition) is 2. The summed E-state index contributed by atoms with van der Waals surface area (Å²) in [5.41, 5.74) is 5.63. The molecular weight excluding hydrogens is 178 g/mol. The van der Waals surface area contributed by atoms with Gasteiger partial charge in [0, 0.05) is 7.05 Å². The first kappa shape index (κ1) is 9.49. The van der Waals surface area contributed by atoms with E-state index in [9.17, 15) is 4.79 Å². The number of hydrogen-bond donors (Lipinski definition) is 1. The van der Waals surface area contributed by atoms with Crippen molar-refractivity contribution in [2.24, 2.45) is 16.6 Å². The Labute approximate surface area is 84.2 Å². The monoisotopic (exact) mass is 195 g/mol. The lowest BCUT2D eigenvalue weighted by Gasteiger charge is -2.46. The fraction of sp³-hybridized carbons (Fsp3) is 0.800. The molecule has 1 saturated carbocycles. The van der Waals surface area contributed by atoms with Crippen molar-refractivity contribution in [1.29, 1.82) is 0 Å². The molecule has 14 heavy (non-hydrogen) atoms. The molecule has 1 unspecified atom stereocenters. The number of aliphatic imine (C=N–C) groups is 1. The minimum atomic E-state index is -0.269. The summed E-state index contributed by atoms with van der Waals surface area (Å²) in [5, 5.41) is 0. The van der Waals surface area contributed by atoms with Gasteiger partial charge in [0.05, 0.1) is 0 Å². The predicted molar refractivity (Wildman–Crippen MR) is 55.1 cm³/mol. The fourth-order valence-corrected chi connectivity index (χ4v) is 2.69. The van der Waals surface area contributed by atoms with E-state index in [1.54, 1.807) is 4.90 Å². The number of urea groups is 1. The third-order valence-corrected chi connectivity index (χ3v) is 3.86. The van der Waals surface area contributed by atoms with Crippen molar-refractivity contribution in [3.63, 3.8) is 0 Å². The average Bonchev–Trinajstić information content (AvgIpc) is 2.27. The summed E-state index contributed by atoms with van der Waals surface area (Å²) in [6.07, 6.45) is 4.46. The molecule has 2 rings (SSSR count). The normalized spacial score (nSPS) is 33.1. The second-order valence-corrected chi connectivity index (χ2v) is 4.24. The smallest absolute Gasteiger partial charge is 0.345 e. The largest absolute Gasteiger partial charge is 0.385 e. The second kappa shape index (κ2) is 2.97. The molecule has 0 bridgehead atoms. The summed E-state index contributed by atoms with van der Waals surface area (Å²) in [6, 6.07) is -0.184. The van der Waals surface area contributed by atoms with E-state index in [0.717, 1.165) is 6.42 Å². The van der Waals surface area contributed by atoms with Crippen LogP contribution >= 0.6 is 0 Å². The molecular formula is C10H17N3O. The van der Waals surface area contributed by atoms with Gasteiger partial charge in [-0.3, -0.25) is 0 Å². The minimum absolute atomic E-state index is 0.184. The summed E-state index contributed by atoms with van der Waals surface area (Å²) in [4.78, 5) is 17.1. The molecule has 0 spiro atoms. The maximum absolute atomic E-state index is 11.5. The summed E-state index contributed by atoms with van der Waals surface area (Å²) in [5.74, 6) is 1.05. The van der Waals surface area contributed by atoms with Crippen LogP contribution in [0.3, 0.4) is 0 Å². The Kier molecular flexibility index (Phi) is 2.01. The minimum Gasteiger partial charge on any atom is -0.385 e. The van der Waals surface area contributed by atoms with Crippen LogP contribution in [0.15, 0.2) is 4.99 Å². The average molecular weight is 195 g/mol. The quantitative estimate of drug-likeness (QED) is 0.723. The maximum atomic E-state index is 11.5. The zero-order chi connectivity index (χ0) is 10.3. The molecule has 78 valence electrons. The molecule has 2 amide bonds. The first-order chi connectivity index (χ1) is 6.63. The standard InChI is InChI=1S/C10H17N3O/c1-3-10(7-5-4-6-7)8(11)12-9(14)13(10)2/h7H,3-6H2,1-2H3,(H2,11,12,14). The summed E-state index contributed by atoms with van der Waals surface area (Å²) in [6.45, 7) is 2.08. The Bertz CT molecular complexity index is 296. The van der Waals surface area contributed by atoms with Crippen molar-refractivity contribution in [1.82, 2.24) is 4.90 Å². The van der Waals surface area contributed by atoms with Crippen LogP contribution in [-0.2, 0) is 0 Å². The third-order valence-electron chi connectivity index (χ3n) is 3.86. The van der Waals surface area contributed by atoms with Gasteiger partial charge in [0.1, 0.15) is 11.4 Å². The van der Waals surface area contributed by atoms with Crippen LogP contribution < -0.4 is 5.73 Å². The first-order valence-corrected chi connectivity index (χ1v) is 5.25. The van der Waals surface area contributed by atoms with Crippen molar-refractivity contribution in [3.05, 3.63) is 0 Å². The molecule has 1 atom stereocenters. The molecule has 0 radical (unpaired) electrons. The Hall–Kier alpha value is -1.06. The second-order valence-electron chi connectivity index (χ2n) is 4.24. The topological polar surface area (TPSA) is 58.7 Å². The zero-order valence-corrected chi connectivity index (χ0v) is 8.79. The van der Waals surface area contributed by atoms with Gasteiger partial charge >= 0.3 is 6.03 Å². The van der Waals surface area contributed by atoms with Gasteiger partial charge < -0.3 is 10.6 Å². The van der Waals surface area contributed by atoms with Crippen molar-refractivity contribution < 1.29 is 4.79 Å². The predicted octanol–water partition coefficient (Wildman–Crippen LogP) is 1.36.